The Morgan fingerprint density at radius 2 is 1.57 bits per heavy atom. The average molecular weight is 409 g/mol. The summed E-state index contributed by atoms with van der Waals surface area (Å²) in [5.74, 6) is 0.139. The molecule has 6 nitrogen and oxygen atoms in total. The second kappa shape index (κ2) is 9.67. The molecule has 0 aromatic heterocycles. The predicted octanol–water partition coefficient (Wildman–Crippen LogP) is 1.22. The molecular weight excluding hydrogens is 374 g/mol. The largest absolute Gasteiger partial charge is 0.333 e. The molecule has 0 bridgehead atoms. The van der Waals surface area contributed by atoms with Gasteiger partial charge in [-0.3, -0.25) is 4.79 Å². The average Bonchev–Trinajstić information content (AvgIpc) is 2.66. The minimum atomic E-state index is -3.45. The summed E-state index contributed by atoms with van der Waals surface area (Å²) in [7, 11) is -3.45. The van der Waals surface area contributed by atoms with Crippen LogP contribution >= 0.6 is 0 Å². The molecule has 1 aromatic carbocycles. The first-order valence-electron chi connectivity index (χ1n) is 10.0. The van der Waals surface area contributed by atoms with E-state index in [0.29, 0.717) is 26.2 Å². The number of hydrogen-bond donors (Lipinski definition) is 1. The Morgan fingerprint density at radius 1 is 1.04 bits per heavy atom. The summed E-state index contributed by atoms with van der Waals surface area (Å²) in [4.78, 5) is 16.0. The Kier molecular flexibility index (Phi) is 7.80. The molecule has 1 N–H and O–H groups in total. The van der Waals surface area contributed by atoms with Gasteiger partial charge in [-0.15, -0.1) is 0 Å². The fourth-order valence-corrected chi connectivity index (χ4v) is 4.97. The molecule has 0 aliphatic carbocycles. The maximum Gasteiger partial charge on any atom is 0.281 e. The number of sulfonamides is 1. The smallest absolute Gasteiger partial charge is 0.281 e. The van der Waals surface area contributed by atoms with Crippen LogP contribution in [-0.2, 0) is 14.8 Å². The lowest BCUT2D eigenvalue weighted by molar-refractivity contribution is -0.918. The minimum Gasteiger partial charge on any atom is -0.333 e. The fourth-order valence-electron chi connectivity index (χ4n) is 3.78. The van der Waals surface area contributed by atoms with Gasteiger partial charge in [-0.1, -0.05) is 30.3 Å². The Labute approximate surface area is 169 Å². The highest BCUT2D eigenvalue weighted by Crippen LogP contribution is 2.10. The van der Waals surface area contributed by atoms with Crippen LogP contribution in [0.25, 0.3) is 6.08 Å². The highest BCUT2D eigenvalue weighted by atomic mass is 32.2. The third-order valence-corrected chi connectivity index (χ3v) is 6.87. The molecule has 1 fully saturated rings. The zero-order chi connectivity index (χ0) is 20.9. The molecule has 1 aromatic rings. The standard InChI is InChI=1S/C21H33N3O3S/c1-17(2)24(18(3)4)21(25)19(5)22-12-14-23(15-13-22)28(26,27)16-11-20-9-7-6-8-10-20/h6-11,16-19H,12-15H2,1-5H3/p+1/b16-11+/t19-/m1/s1. The van der Waals surface area contributed by atoms with E-state index >= 15 is 0 Å². The van der Waals surface area contributed by atoms with Crippen LogP contribution in [0, 0.1) is 0 Å². The van der Waals surface area contributed by atoms with Gasteiger partial charge in [-0.05, 0) is 46.3 Å². The maximum absolute atomic E-state index is 12.9. The molecule has 1 amide bonds. The van der Waals surface area contributed by atoms with E-state index in [0.717, 1.165) is 10.5 Å². The summed E-state index contributed by atoms with van der Waals surface area (Å²) in [5.41, 5.74) is 0.858. The number of amides is 1. The van der Waals surface area contributed by atoms with Crippen molar-refractivity contribution in [2.45, 2.75) is 52.7 Å². The number of benzene rings is 1. The number of quaternary nitrogens is 1. The molecule has 2 rings (SSSR count). The van der Waals surface area contributed by atoms with E-state index in [1.54, 1.807) is 6.08 Å². The topological polar surface area (TPSA) is 62.1 Å². The quantitative estimate of drug-likeness (QED) is 0.738. The van der Waals surface area contributed by atoms with Gasteiger partial charge in [0, 0.05) is 17.5 Å². The van der Waals surface area contributed by atoms with Crippen molar-refractivity contribution in [3.8, 4) is 0 Å². The van der Waals surface area contributed by atoms with E-state index in [1.807, 2.05) is 69.9 Å². The number of carbonyl (C=O) groups excluding carboxylic acids is 1. The lowest BCUT2D eigenvalue weighted by Crippen LogP contribution is -3.19. The highest BCUT2D eigenvalue weighted by Gasteiger charge is 2.36. The first kappa shape index (κ1) is 22.6. The molecule has 0 radical (unpaired) electrons. The first-order valence-corrected chi connectivity index (χ1v) is 11.5. The Morgan fingerprint density at radius 3 is 2.07 bits per heavy atom. The Balaban J connectivity index is 1.98. The SMILES string of the molecule is CC(C)N(C(=O)[C@@H](C)[NH+]1CCN(S(=O)(=O)/C=C/c2ccccc2)CC1)C(C)C. The summed E-state index contributed by atoms with van der Waals surface area (Å²) in [6.07, 6.45) is 1.63. The van der Waals surface area contributed by atoms with E-state index in [4.69, 9.17) is 0 Å². The summed E-state index contributed by atoms with van der Waals surface area (Å²) in [6.45, 7) is 12.2. The molecule has 1 heterocycles. The minimum absolute atomic E-state index is 0.139. The molecule has 1 aliphatic rings. The number of rotatable bonds is 7. The molecule has 1 aliphatic heterocycles. The first-order chi connectivity index (χ1) is 13.1. The lowest BCUT2D eigenvalue weighted by Gasteiger charge is -2.38. The van der Waals surface area contributed by atoms with Crippen LogP contribution < -0.4 is 4.90 Å². The van der Waals surface area contributed by atoms with Crippen molar-refractivity contribution in [3.05, 3.63) is 41.3 Å². The molecule has 0 unspecified atom stereocenters. The van der Waals surface area contributed by atoms with Gasteiger partial charge in [0.15, 0.2) is 6.04 Å². The molecule has 28 heavy (non-hydrogen) atoms. The number of nitrogens with one attached hydrogen (secondary N) is 1. The second-order valence-electron chi connectivity index (χ2n) is 7.97. The van der Waals surface area contributed by atoms with Gasteiger partial charge in [0.05, 0.1) is 26.2 Å². The molecule has 7 heteroatoms. The summed E-state index contributed by atoms with van der Waals surface area (Å²) in [6, 6.07) is 9.53. The van der Waals surface area contributed by atoms with Crippen LogP contribution in [0.5, 0.6) is 0 Å². The van der Waals surface area contributed by atoms with Crippen molar-refractivity contribution in [1.29, 1.82) is 0 Å². The van der Waals surface area contributed by atoms with Gasteiger partial charge in [0.2, 0.25) is 10.0 Å². The molecular formula is C21H34N3O3S+. The summed E-state index contributed by atoms with van der Waals surface area (Å²) in [5, 5.41) is 1.28. The number of nitrogens with zero attached hydrogens (tertiary/aromatic N) is 2. The van der Waals surface area contributed by atoms with Gasteiger partial charge < -0.3 is 9.80 Å². The fraction of sp³-hybridized carbons (Fsp3) is 0.571. The van der Waals surface area contributed by atoms with Gasteiger partial charge in [-0.2, -0.15) is 4.31 Å². The van der Waals surface area contributed by atoms with Crippen molar-refractivity contribution in [2.75, 3.05) is 26.2 Å². The Hall–Kier alpha value is -1.70. The van der Waals surface area contributed by atoms with E-state index < -0.39 is 10.0 Å². The molecule has 1 saturated heterocycles. The summed E-state index contributed by atoms with van der Waals surface area (Å²) >= 11 is 0. The van der Waals surface area contributed by atoms with Crippen LogP contribution in [0.1, 0.15) is 40.2 Å². The van der Waals surface area contributed by atoms with E-state index in [2.05, 4.69) is 0 Å². The second-order valence-corrected chi connectivity index (χ2v) is 9.79. The van der Waals surface area contributed by atoms with Gasteiger partial charge in [0.1, 0.15) is 0 Å². The predicted molar refractivity (Wildman–Crippen MR) is 113 cm³/mol. The van der Waals surface area contributed by atoms with Gasteiger partial charge in [0.25, 0.3) is 5.91 Å². The van der Waals surface area contributed by atoms with Crippen molar-refractivity contribution in [3.63, 3.8) is 0 Å². The van der Waals surface area contributed by atoms with Gasteiger partial charge in [-0.25, -0.2) is 8.42 Å². The normalized spacial score (nSPS) is 18.1. The zero-order valence-corrected chi connectivity index (χ0v) is 18.4. The van der Waals surface area contributed by atoms with Gasteiger partial charge >= 0.3 is 0 Å². The monoisotopic (exact) mass is 408 g/mol. The van der Waals surface area contributed by atoms with Crippen molar-refractivity contribution < 1.29 is 18.1 Å². The van der Waals surface area contributed by atoms with Crippen LogP contribution in [0.15, 0.2) is 35.7 Å². The molecule has 1 atom stereocenters. The maximum atomic E-state index is 12.9. The van der Waals surface area contributed by atoms with Crippen molar-refractivity contribution in [1.82, 2.24) is 9.21 Å². The zero-order valence-electron chi connectivity index (χ0n) is 17.6. The van der Waals surface area contributed by atoms with E-state index in [1.165, 1.54) is 9.71 Å². The molecule has 0 spiro atoms. The number of piperazine rings is 1. The number of hydrogen-bond acceptors (Lipinski definition) is 3. The number of carbonyl (C=O) groups is 1. The van der Waals surface area contributed by atoms with Crippen LogP contribution in [0.3, 0.4) is 0 Å². The Bertz CT molecular complexity index is 759. The van der Waals surface area contributed by atoms with Crippen molar-refractivity contribution in [2.24, 2.45) is 0 Å². The van der Waals surface area contributed by atoms with Crippen LogP contribution in [0.4, 0.5) is 0 Å². The third kappa shape index (κ3) is 5.65. The van der Waals surface area contributed by atoms with E-state index in [-0.39, 0.29) is 24.0 Å². The van der Waals surface area contributed by atoms with Crippen molar-refractivity contribution >= 4 is 22.0 Å². The molecule has 156 valence electrons. The lowest BCUT2D eigenvalue weighted by atomic mass is 10.1. The third-order valence-electron chi connectivity index (χ3n) is 5.31. The van der Waals surface area contributed by atoms with Crippen LogP contribution in [0.2, 0.25) is 0 Å². The van der Waals surface area contributed by atoms with E-state index in [9.17, 15) is 13.2 Å². The van der Waals surface area contributed by atoms with Crippen LogP contribution in [-0.4, -0.2) is 67.8 Å². The molecule has 0 saturated carbocycles. The highest BCUT2D eigenvalue weighted by molar-refractivity contribution is 7.92. The summed E-state index contributed by atoms with van der Waals surface area (Å²) < 4.78 is 26.7.